The molecule has 0 saturated heterocycles. The van der Waals surface area contributed by atoms with E-state index in [4.69, 9.17) is 14.2 Å². The highest BCUT2D eigenvalue weighted by Gasteiger charge is 2.59. The number of hydrogen-bond donors (Lipinski definition) is 2. The molecular weight excluding hydrogens is 1020 g/mol. The third-order valence-corrected chi connectivity index (χ3v) is 20.3. The van der Waals surface area contributed by atoms with Gasteiger partial charge in [-0.2, -0.15) is 5.26 Å². The third-order valence-electron chi connectivity index (χ3n) is 19.4. The van der Waals surface area contributed by atoms with Crippen molar-refractivity contribution in [3.63, 3.8) is 0 Å². The van der Waals surface area contributed by atoms with Crippen molar-refractivity contribution in [2.45, 2.75) is 170 Å². The van der Waals surface area contributed by atoms with E-state index in [0.717, 1.165) is 42.8 Å². The summed E-state index contributed by atoms with van der Waals surface area (Å²) >= 11 is 1.18. The van der Waals surface area contributed by atoms with Crippen LogP contribution in [0.25, 0.3) is 10.2 Å². The fraction of sp³-hybridized carbons (Fsp3) is 0.694. The quantitative estimate of drug-likeness (QED) is 0.0486. The lowest BCUT2D eigenvalue weighted by Crippen LogP contribution is -2.52. The number of aromatic nitrogens is 1. The van der Waals surface area contributed by atoms with Crippen molar-refractivity contribution in [3.05, 3.63) is 45.5 Å². The number of aldehydes is 1. The molecule has 16 nitrogen and oxygen atoms in total. The number of hydrogen-bond acceptors (Lipinski definition) is 13. The van der Waals surface area contributed by atoms with E-state index >= 15 is 0 Å². The lowest BCUT2D eigenvalue weighted by Gasteiger charge is -2.60. The molecule has 79 heavy (non-hydrogen) atoms. The monoisotopic (exact) mass is 1110 g/mol. The zero-order valence-corrected chi connectivity index (χ0v) is 49.3. The van der Waals surface area contributed by atoms with Gasteiger partial charge in [-0.3, -0.25) is 24.0 Å². The maximum absolute atomic E-state index is 13.6. The number of thiazole rings is 1. The molecule has 0 spiro atoms. The molecule has 2 aromatic rings. The predicted molar refractivity (Wildman–Crippen MR) is 304 cm³/mol. The number of Topliss-reactive ketones (excluding diaryl/α,β-unsaturated/α-hetero) is 2. The van der Waals surface area contributed by atoms with E-state index < -0.39 is 17.6 Å². The second-order valence-corrected chi connectivity index (χ2v) is 25.7. The number of carbonyl (C=O) groups excluding carboxylic acids is 7. The van der Waals surface area contributed by atoms with Gasteiger partial charge in [0.05, 0.1) is 42.7 Å². The van der Waals surface area contributed by atoms with Crippen molar-refractivity contribution < 1.29 is 47.8 Å². The molecular formula is C62H88N6O10S. The van der Waals surface area contributed by atoms with Gasteiger partial charge in [-0.1, -0.05) is 40.5 Å². The van der Waals surface area contributed by atoms with Crippen LogP contribution in [0, 0.1) is 57.2 Å². The second-order valence-electron chi connectivity index (χ2n) is 24.6. The van der Waals surface area contributed by atoms with Crippen LogP contribution in [0.4, 0.5) is 4.79 Å². The first-order chi connectivity index (χ1) is 37.7. The molecule has 7 rings (SSSR count). The standard InChI is InChI=1S/C62H88N6O10S/c1-40-41(2)58(74)56(42(3)57(40)73)60(4,5)37-55(72)67(8)29-30-68(59(75)78-46-20-23-50-51(36-46)79-54(38-63)66-50)31-33-77-35-34-76-32-25-52(70)64-28-12-10-16-45(39-69)65-53(71)17-13-15-44-19-22-48-47-21-18-43-14-9-11-26-61(43,6)49(47)24-27-62(44,48)7/h20,23,36,39,43-45,47-49H,9-19,21-22,24-35,37H2,1-8H3,(H,64,70)(H,65,71)/t43-,44-,45?,47-,48?,49?,61-,62+/m0/s1. The minimum absolute atomic E-state index is 0.0401. The number of fused-ring (bicyclic) bond motifs is 6. The van der Waals surface area contributed by atoms with Crippen molar-refractivity contribution >= 4 is 63.2 Å². The molecule has 4 amide bonds. The van der Waals surface area contributed by atoms with Crippen LogP contribution in [0.2, 0.25) is 0 Å². The molecule has 432 valence electrons. The van der Waals surface area contributed by atoms with Crippen LogP contribution in [-0.2, 0) is 38.2 Å². The normalized spacial score (nSPS) is 25.2. The molecule has 0 radical (unpaired) electrons. The number of nitrogens with zero attached hydrogens (tertiary/aromatic N) is 4. The number of amides is 4. The predicted octanol–water partition coefficient (Wildman–Crippen LogP) is 10.3. The van der Waals surface area contributed by atoms with E-state index in [1.807, 2.05) is 6.07 Å². The topological polar surface area (TPSA) is 214 Å². The summed E-state index contributed by atoms with van der Waals surface area (Å²) < 4.78 is 17.9. The Balaban J connectivity index is 0.757. The highest BCUT2D eigenvalue weighted by atomic mass is 32.1. The van der Waals surface area contributed by atoms with E-state index in [1.165, 1.54) is 85.3 Å². The molecule has 1 aromatic heterocycles. The zero-order valence-electron chi connectivity index (χ0n) is 48.4. The molecule has 0 bridgehead atoms. The summed E-state index contributed by atoms with van der Waals surface area (Å²) in [4.78, 5) is 98.1. The van der Waals surface area contributed by atoms with E-state index in [2.05, 4.69) is 29.5 Å². The molecule has 17 heteroatoms. The Morgan fingerprint density at radius 3 is 2.35 bits per heavy atom. The van der Waals surface area contributed by atoms with Gasteiger partial charge in [0.15, 0.2) is 16.6 Å². The summed E-state index contributed by atoms with van der Waals surface area (Å²) in [5, 5.41) is 15.4. The van der Waals surface area contributed by atoms with Crippen LogP contribution < -0.4 is 15.4 Å². The van der Waals surface area contributed by atoms with Crippen molar-refractivity contribution in [2.75, 3.05) is 59.7 Å². The smallest absolute Gasteiger partial charge is 0.410 e. The van der Waals surface area contributed by atoms with Gasteiger partial charge in [-0.15, -0.1) is 11.3 Å². The first-order valence-electron chi connectivity index (χ1n) is 29.4. The van der Waals surface area contributed by atoms with E-state index in [-0.39, 0.29) is 98.9 Å². The first-order valence-corrected chi connectivity index (χ1v) is 30.2. The number of unbranched alkanes of at least 4 members (excludes halogenated alkanes) is 1. The Morgan fingerprint density at radius 1 is 0.848 bits per heavy atom. The maximum Gasteiger partial charge on any atom is 0.415 e. The van der Waals surface area contributed by atoms with Gasteiger partial charge < -0.3 is 39.4 Å². The minimum atomic E-state index is -0.933. The van der Waals surface area contributed by atoms with E-state index in [0.29, 0.717) is 81.5 Å². The number of allylic oxidation sites excluding steroid dienone is 4. The average Bonchev–Trinajstić information content (AvgIpc) is 4.06. The lowest BCUT2D eigenvalue weighted by atomic mass is 9.45. The van der Waals surface area contributed by atoms with Crippen molar-refractivity contribution in [3.8, 4) is 11.8 Å². The summed E-state index contributed by atoms with van der Waals surface area (Å²) in [6, 6.07) is 6.40. The fourth-order valence-electron chi connectivity index (χ4n) is 14.7. The van der Waals surface area contributed by atoms with Crippen LogP contribution in [0.3, 0.4) is 0 Å². The van der Waals surface area contributed by atoms with Gasteiger partial charge in [0.25, 0.3) is 0 Å². The summed E-state index contributed by atoms with van der Waals surface area (Å²) in [5.74, 6) is 3.58. The fourth-order valence-corrected chi connectivity index (χ4v) is 15.5. The van der Waals surface area contributed by atoms with Crippen molar-refractivity contribution in [2.24, 2.45) is 45.8 Å². The molecule has 4 fully saturated rings. The minimum Gasteiger partial charge on any atom is -0.410 e. The molecule has 5 aliphatic rings. The lowest BCUT2D eigenvalue weighted by molar-refractivity contribution is -0.132. The average molecular weight is 1110 g/mol. The number of nitriles is 1. The Morgan fingerprint density at radius 2 is 1.59 bits per heavy atom. The van der Waals surface area contributed by atoms with E-state index in [9.17, 15) is 38.8 Å². The molecule has 8 atom stereocenters. The molecule has 5 aliphatic carbocycles. The van der Waals surface area contributed by atoms with E-state index in [1.54, 1.807) is 59.9 Å². The summed E-state index contributed by atoms with van der Waals surface area (Å²) in [7, 11) is 1.62. The highest BCUT2D eigenvalue weighted by Crippen LogP contribution is 2.68. The molecule has 0 aliphatic heterocycles. The molecule has 4 saturated carbocycles. The number of carbonyl (C=O) groups is 7. The Labute approximate surface area is 472 Å². The third kappa shape index (κ3) is 14.8. The molecule has 1 heterocycles. The van der Waals surface area contributed by atoms with Gasteiger partial charge in [0.2, 0.25) is 17.7 Å². The van der Waals surface area contributed by atoms with Gasteiger partial charge in [-0.25, -0.2) is 9.78 Å². The van der Waals surface area contributed by atoms with Crippen molar-refractivity contribution in [1.82, 2.24) is 25.4 Å². The summed E-state index contributed by atoms with van der Waals surface area (Å²) in [5.41, 5.74) is 2.10. The van der Waals surface area contributed by atoms with Gasteiger partial charge in [-0.05, 0) is 157 Å². The number of ketones is 2. The molecule has 1 aromatic carbocycles. The number of ether oxygens (including phenoxy) is 3. The van der Waals surface area contributed by atoms with Crippen LogP contribution in [0.15, 0.2) is 40.5 Å². The zero-order chi connectivity index (χ0) is 57.1. The van der Waals surface area contributed by atoms with Crippen LogP contribution in [0.5, 0.6) is 5.75 Å². The largest absolute Gasteiger partial charge is 0.415 e. The summed E-state index contributed by atoms with van der Waals surface area (Å²) in [6.45, 7) is 15.2. The van der Waals surface area contributed by atoms with Crippen LogP contribution >= 0.6 is 11.3 Å². The van der Waals surface area contributed by atoms with Gasteiger partial charge in [0, 0.05) is 86.3 Å². The van der Waals surface area contributed by atoms with Crippen LogP contribution in [0.1, 0.15) is 169 Å². The summed E-state index contributed by atoms with van der Waals surface area (Å²) in [6.07, 6.45) is 18.5. The Hall–Kier alpha value is -5.31. The number of nitrogens with one attached hydrogen (secondary N) is 2. The Kier molecular flexibility index (Phi) is 21.3. The maximum atomic E-state index is 13.6. The van der Waals surface area contributed by atoms with Gasteiger partial charge in [0.1, 0.15) is 18.1 Å². The SMILES string of the molecule is CC1=C(C)C(=O)C(C(C)(C)CC(=O)N(C)CCN(CCOCCOCCC(=O)NCCCCC(C=O)NC(=O)CCC[C@H]2CCC3[C@@H]4CC[C@@H]5CCCC[C@]5(C)C4CC[C@@]32C)C(=O)Oc2ccc3nc(C#N)sc3c2)=C(C)C1=O. The highest BCUT2D eigenvalue weighted by molar-refractivity contribution is 7.19. The first kappa shape index (κ1) is 61.3. The number of rotatable bonds is 27. The Bertz CT molecular complexity index is 2670. The molecule has 3 unspecified atom stereocenters. The molecule has 2 N–H and O–H groups in total. The number of likely N-dealkylation sites (N-methyl/N-ethyl adjacent to an activating group) is 1. The van der Waals surface area contributed by atoms with Crippen LogP contribution in [-0.4, -0.2) is 122 Å². The van der Waals surface area contributed by atoms with Crippen molar-refractivity contribution in [1.29, 1.82) is 5.26 Å². The number of benzene rings is 1. The van der Waals surface area contributed by atoms with Gasteiger partial charge >= 0.3 is 6.09 Å². The second kappa shape index (κ2) is 27.4.